The average molecular weight is 227 g/mol. The standard InChI is InChI=1S/C12H25N3O/c1-4-12(5-2,9-13)11(16)15-7-6-10(8-15)14-3/h10,14H,4-9,13H2,1-3H3. The largest absolute Gasteiger partial charge is 0.341 e. The van der Waals surface area contributed by atoms with Crippen LogP contribution in [0.25, 0.3) is 0 Å². The molecule has 1 heterocycles. The molecule has 1 aliphatic rings. The Morgan fingerprint density at radius 3 is 2.50 bits per heavy atom. The predicted octanol–water partition coefficient (Wildman–Crippen LogP) is 0.572. The average Bonchev–Trinajstić information content (AvgIpc) is 2.80. The molecule has 0 saturated carbocycles. The van der Waals surface area contributed by atoms with Gasteiger partial charge in [-0.1, -0.05) is 13.8 Å². The van der Waals surface area contributed by atoms with Gasteiger partial charge in [0.2, 0.25) is 5.91 Å². The third kappa shape index (κ3) is 2.38. The number of likely N-dealkylation sites (tertiary alicyclic amines) is 1. The normalized spacial score (nSPS) is 21.5. The summed E-state index contributed by atoms with van der Waals surface area (Å²) in [6.45, 7) is 6.27. The van der Waals surface area contributed by atoms with Crippen molar-refractivity contribution in [3.05, 3.63) is 0 Å². The number of hydrogen-bond donors (Lipinski definition) is 2. The third-order valence-corrected chi connectivity index (χ3v) is 4.08. The molecule has 1 amide bonds. The van der Waals surface area contributed by atoms with Crippen LogP contribution in [0.1, 0.15) is 33.1 Å². The van der Waals surface area contributed by atoms with Crippen molar-refractivity contribution in [1.29, 1.82) is 0 Å². The monoisotopic (exact) mass is 227 g/mol. The fraction of sp³-hybridized carbons (Fsp3) is 0.917. The van der Waals surface area contributed by atoms with Gasteiger partial charge >= 0.3 is 0 Å². The zero-order chi connectivity index (χ0) is 12.2. The molecule has 1 atom stereocenters. The first-order valence-electron chi connectivity index (χ1n) is 6.30. The lowest BCUT2D eigenvalue weighted by atomic mass is 9.81. The van der Waals surface area contributed by atoms with E-state index in [1.165, 1.54) is 0 Å². The highest BCUT2D eigenvalue weighted by atomic mass is 16.2. The highest BCUT2D eigenvalue weighted by Crippen LogP contribution is 2.29. The zero-order valence-corrected chi connectivity index (χ0v) is 10.8. The van der Waals surface area contributed by atoms with Crippen molar-refractivity contribution < 1.29 is 4.79 Å². The van der Waals surface area contributed by atoms with Crippen LogP contribution in [0.2, 0.25) is 0 Å². The molecule has 1 saturated heterocycles. The molecular formula is C12H25N3O. The van der Waals surface area contributed by atoms with Crippen molar-refractivity contribution in [1.82, 2.24) is 10.2 Å². The molecule has 1 aliphatic heterocycles. The smallest absolute Gasteiger partial charge is 0.230 e. The van der Waals surface area contributed by atoms with Gasteiger partial charge in [0, 0.05) is 25.7 Å². The summed E-state index contributed by atoms with van der Waals surface area (Å²) < 4.78 is 0. The second-order valence-electron chi connectivity index (χ2n) is 4.72. The Labute approximate surface area is 98.6 Å². The Morgan fingerprint density at radius 2 is 2.12 bits per heavy atom. The van der Waals surface area contributed by atoms with Gasteiger partial charge in [-0.2, -0.15) is 0 Å². The summed E-state index contributed by atoms with van der Waals surface area (Å²) in [5.74, 6) is 0.248. The maximum Gasteiger partial charge on any atom is 0.230 e. The van der Waals surface area contributed by atoms with E-state index in [2.05, 4.69) is 19.2 Å². The van der Waals surface area contributed by atoms with E-state index in [-0.39, 0.29) is 11.3 Å². The minimum Gasteiger partial charge on any atom is -0.341 e. The van der Waals surface area contributed by atoms with Gasteiger partial charge < -0.3 is 16.0 Å². The van der Waals surface area contributed by atoms with Crippen molar-refractivity contribution in [2.75, 3.05) is 26.7 Å². The Kier molecular flexibility index (Phi) is 4.74. The number of carbonyl (C=O) groups excluding carboxylic acids is 1. The van der Waals surface area contributed by atoms with Crippen LogP contribution in [-0.4, -0.2) is 43.5 Å². The summed E-state index contributed by atoms with van der Waals surface area (Å²) in [5, 5.41) is 3.23. The number of carbonyl (C=O) groups is 1. The number of rotatable bonds is 5. The highest BCUT2D eigenvalue weighted by Gasteiger charge is 2.39. The van der Waals surface area contributed by atoms with Gasteiger partial charge in [-0.25, -0.2) is 0 Å². The zero-order valence-electron chi connectivity index (χ0n) is 10.8. The van der Waals surface area contributed by atoms with E-state index >= 15 is 0 Å². The predicted molar refractivity (Wildman–Crippen MR) is 66.1 cm³/mol. The molecule has 0 spiro atoms. The van der Waals surface area contributed by atoms with Gasteiger partial charge in [0.15, 0.2) is 0 Å². The van der Waals surface area contributed by atoms with E-state index in [1.54, 1.807) is 0 Å². The Morgan fingerprint density at radius 1 is 1.50 bits per heavy atom. The maximum absolute atomic E-state index is 12.4. The minimum absolute atomic E-state index is 0.248. The molecule has 4 heteroatoms. The van der Waals surface area contributed by atoms with Gasteiger partial charge in [-0.15, -0.1) is 0 Å². The Hall–Kier alpha value is -0.610. The molecule has 0 radical (unpaired) electrons. The fourth-order valence-corrected chi connectivity index (χ4v) is 2.44. The van der Waals surface area contributed by atoms with Crippen LogP contribution in [0, 0.1) is 5.41 Å². The van der Waals surface area contributed by atoms with Gasteiger partial charge in [0.25, 0.3) is 0 Å². The third-order valence-electron chi connectivity index (χ3n) is 4.08. The molecule has 0 aliphatic carbocycles. The van der Waals surface area contributed by atoms with E-state index in [0.29, 0.717) is 12.6 Å². The van der Waals surface area contributed by atoms with Crippen LogP contribution in [-0.2, 0) is 4.79 Å². The quantitative estimate of drug-likeness (QED) is 0.722. The lowest BCUT2D eigenvalue weighted by Crippen LogP contribution is -2.47. The molecular weight excluding hydrogens is 202 g/mol. The number of nitrogens with two attached hydrogens (primary N) is 1. The van der Waals surface area contributed by atoms with Crippen LogP contribution in [0.5, 0.6) is 0 Å². The summed E-state index contributed by atoms with van der Waals surface area (Å²) in [5.41, 5.74) is 5.47. The number of nitrogens with zero attached hydrogens (tertiary/aromatic N) is 1. The van der Waals surface area contributed by atoms with Crippen molar-refractivity contribution in [3.63, 3.8) is 0 Å². The van der Waals surface area contributed by atoms with Gasteiger partial charge in [0.05, 0.1) is 5.41 Å². The second kappa shape index (κ2) is 5.64. The SMILES string of the molecule is CCC(CC)(CN)C(=O)N1CCC(NC)C1. The fourth-order valence-electron chi connectivity index (χ4n) is 2.44. The first-order valence-corrected chi connectivity index (χ1v) is 6.30. The number of hydrogen-bond acceptors (Lipinski definition) is 3. The first-order chi connectivity index (χ1) is 7.63. The number of likely N-dealkylation sites (N-methyl/N-ethyl adjacent to an activating group) is 1. The van der Waals surface area contributed by atoms with E-state index in [1.807, 2.05) is 11.9 Å². The lowest BCUT2D eigenvalue weighted by molar-refractivity contribution is -0.141. The van der Waals surface area contributed by atoms with Crippen LogP contribution in [0.15, 0.2) is 0 Å². The summed E-state index contributed by atoms with van der Waals surface area (Å²) in [7, 11) is 1.95. The van der Waals surface area contributed by atoms with Gasteiger partial charge in [-0.05, 0) is 26.3 Å². The molecule has 3 N–H and O–H groups in total. The number of amides is 1. The van der Waals surface area contributed by atoms with Crippen LogP contribution >= 0.6 is 0 Å². The van der Waals surface area contributed by atoms with Crippen molar-refractivity contribution in [3.8, 4) is 0 Å². The molecule has 1 rings (SSSR count). The summed E-state index contributed by atoms with van der Waals surface area (Å²) in [6, 6.07) is 0.452. The van der Waals surface area contributed by atoms with E-state index in [9.17, 15) is 4.79 Å². The molecule has 1 unspecified atom stereocenters. The molecule has 0 aromatic heterocycles. The van der Waals surface area contributed by atoms with Crippen LogP contribution in [0.4, 0.5) is 0 Å². The molecule has 0 aromatic rings. The van der Waals surface area contributed by atoms with Crippen molar-refractivity contribution >= 4 is 5.91 Å². The Bertz CT molecular complexity index is 230. The second-order valence-corrected chi connectivity index (χ2v) is 4.72. The first kappa shape index (κ1) is 13.5. The van der Waals surface area contributed by atoms with E-state index in [0.717, 1.165) is 32.4 Å². The van der Waals surface area contributed by atoms with Gasteiger partial charge in [0.1, 0.15) is 0 Å². The van der Waals surface area contributed by atoms with Crippen molar-refractivity contribution in [2.24, 2.45) is 11.1 Å². The summed E-state index contributed by atoms with van der Waals surface area (Å²) in [6.07, 6.45) is 2.72. The topological polar surface area (TPSA) is 58.4 Å². The maximum atomic E-state index is 12.4. The molecule has 1 fully saturated rings. The van der Waals surface area contributed by atoms with Crippen molar-refractivity contribution in [2.45, 2.75) is 39.2 Å². The molecule has 16 heavy (non-hydrogen) atoms. The highest BCUT2D eigenvalue weighted by molar-refractivity contribution is 5.83. The van der Waals surface area contributed by atoms with Crippen LogP contribution < -0.4 is 11.1 Å². The molecule has 4 nitrogen and oxygen atoms in total. The molecule has 0 bridgehead atoms. The molecule has 94 valence electrons. The minimum atomic E-state index is -0.331. The lowest BCUT2D eigenvalue weighted by Gasteiger charge is -2.33. The Balaban J connectivity index is 2.69. The molecule has 0 aromatic carbocycles. The van der Waals surface area contributed by atoms with Gasteiger partial charge in [-0.3, -0.25) is 4.79 Å². The van der Waals surface area contributed by atoms with Crippen LogP contribution in [0.3, 0.4) is 0 Å². The van der Waals surface area contributed by atoms with E-state index < -0.39 is 0 Å². The summed E-state index contributed by atoms with van der Waals surface area (Å²) in [4.78, 5) is 14.4. The van der Waals surface area contributed by atoms with E-state index in [4.69, 9.17) is 5.73 Å². The summed E-state index contributed by atoms with van der Waals surface area (Å²) >= 11 is 0. The number of nitrogens with one attached hydrogen (secondary N) is 1.